The number of amides is 2. The van der Waals surface area contributed by atoms with E-state index in [1.54, 1.807) is 45.0 Å². The lowest BCUT2D eigenvalue weighted by Crippen LogP contribution is -2.48. The van der Waals surface area contributed by atoms with Crippen LogP contribution in [0.3, 0.4) is 0 Å². The molecule has 8 heteroatoms. The van der Waals surface area contributed by atoms with Crippen LogP contribution in [0.5, 0.6) is 0 Å². The van der Waals surface area contributed by atoms with Gasteiger partial charge < -0.3 is 10.1 Å². The van der Waals surface area contributed by atoms with Gasteiger partial charge in [-0.3, -0.25) is 14.5 Å². The number of rotatable bonds is 4. The first-order valence-electron chi connectivity index (χ1n) is 8.56. The zero-order valence-electron chi connectivity index (χ0n) is 15.5. The number of likely N-dealkylation sites (tertiary alicyclic amines) is 1. The molecule has 2 atom stereocenters. The third kappa shape index (κ3) is 5.79. The van der Waals surface area contributed by atoms with E-state index in [9.17, 15) is 14.4 Å². The molecule has 1 aliphatic heterocycles. The summed E-state index contributed by atoms with van der Waals surface area (Å²) in [5.74, 6) is -1.16. The fourth-order valence-electron chi connectivity index (χ4n) is 2.72. The van der Waals surface area contributed by atoms with Crippen molar-refractivity contribution < 1.29 is 19.1 Å². The Morgan fingerprint density at radius 1 is 1.30 bits per heavy atom. The van der Waals surface area contributed by atoms with Crippen molar-refractivity contribution in [2.75, 3.05) is 13.1 Å². The Bertz CT molecular complexity index is 765. The van der Waals surface area contributed by atoms with Gasteiger partial charge in [0.05, 0.1) is 18.5 Å². The average molecular weight is 436 g/mol. The van der Waals surface area contributed by atoms with E-state index in [2.05, 4.69) is 27.3 Å². The second-order valence-corrected chi connectivity index (χ2v) is 8.27. The minimum absolute atomic E-state index is 0.129. The second kappa shape index (κ2) is 8.53. The van der Waals surface area contributed by atoms with Gasteiger partial charge in [-0.15, -0.1) is 0 Å². The maximum Gasteiger partial charge on any atom is 0.411 e. The molecule has 0 radical (unpaired) electrons. The Labute approximate surface area is 166 Å². The molecule has 1 aliphatic rings. The highest BCUT2D eigenvalue weighted by molar-refractivity contribution is 9.10. The van der Waals surface area contributed by atoms with Gasteiger partial charge >= 0.3 is 6.09 Å². The Kier molecular flexibility index (Phi) is 6.60. The molecule has 0 aliphatic carbocycles. The van der Waals surface area contributed by atoms with Gasteiger partial charge in [-0.1, -0.05) is 28.1 Å². The van der Waals surface area contributed by atoms with Crippen LogP contribution in [0.4, 0.5) is 4.79 Å². The Balaban J connectivity index is 2.01. The van der Waals surface area contributed by atoms with E-state index in [4.69, 9.17) is 10.00 Å². The number of ketones is 1. The zero-order valence-corrected chi connectivity index (χ0v) is 17.1. The van der Waals surface area contributed by atoms with Crippen molar-refractivity contribution in [3.63, 3.8) is 0 Å². The topological polar surface area (TPSA) is 99.5 Å². The van der Waals surface area contributed by atoms with Gasteiger partial charge in [-0.25, -0.2) is 4.79 Å². The van der Waals surface area contributed by atoms with Gasteiger partial charge in [0, 0.05) is 16.6 Å². The summed E-state index contributed by atoms with van der Waals surface area (Å²) < 4.78 is 6.18. The molecule has 1 saturated heterocycles. The number of halogens is 1. The number of nitrogens with one attached hydrogen (secondary N) is 1. The van der Waals surface area contributed by atoms with E-state index >= 15 is 0 Å². The van der Waals surface area contributed by atoms with Crippen LogP contribution >= 0.6 is 15.9 Å². The molecule has 2 unspecified atom stereocenters. The summed E-state index contributed by atoms with van der Waals surface area (Å²) in [6.45, 7) is 5.14. The number of ether oxygens (including phenoxy) is 1. The molecule has 27 heavy (non-hydrogen) atoms. The summed E-state index contributed by atoms with van der Waals surface area (Å²) in [7, 11) is 0. The number of hydrogen-bond donors (Lipinski definition) is 1. The van der Waals surface area contributed by atoms with Crippen molar-refractivity contribution in [2.45, 2.75) is 38.8 Å². The van der Waals surface area contributed by atoms with Crippen LogP contribution in [-0.4, -0.2) is 47.4 Å². The molecule has 7 nitrogen and oxygen atoms in total. The molecule has 1 aromatic rings. The third-order valence-corrected chi connectivity index (χ3v) is 4.53. The lowest BCUT2D eigenvalue weighted by molar-refractivity contribution is -0.125. The van der Waals surface area contributed by atoms with E-state index in [0.717, 1.165) is 4.47 Å². The Morgan fingerprint density at radius 3 is 2.48 bits per heavy atom. The molecule has 2 rings (SSSR count). The van der Waals surface area contributed by atoms with E-state index in [1.165, 1.54) is 4.90 Å². The minimum atomic E-state index is -0.831. The minimum Gasteiger partial charge on any atom is -0.444 e. The van der Waals surface area contributed by atoms with Crippen LogP contribution in [0.2, 0.25) is 0 Å². The molecule has 0 saturated carbocycles. The van der Waals surface area contributed by atoms with Crippen LogP contribution in [0.1, 0.15) is 37.6 Å². The summed E-state index contributed by atoms with van der Waals surface area (Å²) in [5.41, 5.74) is -0.232. The van der Waals surface area contributed by atoms with Crippen LogP contribution in [-0.2, 0) is 9.53 Å². The van der Waals surface area contributed by atoms with Crippen LogP contribution < -0.4 is 5.32 Å². The predicted octanol–water partition coefficient (Wildman–Crippen LogP) is 2.90. The molecule has 144 valence electrons. The van der Waals surface area contributed by atoms with Crippen molar-refractivity contribution >= 4 is 33.7 Å². The van der Waals surface area contributed by atoms with Gasteiger partial charge in [-0.2, -0.15) is 5.26 Å². The molecule has 1 heterocycles. The maximum absolute atomic E-state index is 12.5. The molecular formula is C19H22BrN3O4. The van der Waals surface area contributed by atoms with Crippen LogP contribution in [0, 0.1) is 17.2 Å². The van der Waals surface area contributed by atoms with E-state index in [-0.39, 0.29) is 25.3 Å². The van der Waals surface area contributed by atoms with Crippen LogP contribution in [0.15, 0.2) is 28.7 Å². The van der Waals surface area contributed by atoms with Gasteiger partial charge in [0.1, 0.15) is 11.6 Å². The fourth-order valence-corrected chi connectivity index (χ4v) is 2.99. The van der Waals surface area contributed by atoms with Gasteiger partial charge in [0.2, 0.25) is 5.91 Å². The van der Waals surface area contributed by atoms with Gasteiger partial charge in [0.15, 0.2) is 5.78 Å². The van der Waals surface area contributed by atoms with Gasteiger partial charge in [0.25, 0.3) is 0 Å². The lowest BCUT2D eigenvalue weighted by atomic mass is 10.1. The van der Waals surface area contributed by atoms with Crippen molar-refractivity contribution in [2.24, 2.45) is 5.92 Å². The normalized spacial score (nSPS) is 19.3. The first-order valence-corrected chi connectivity index (χ1v) is 9.35. The van der Waals surface area contributed by atoms with Crippen LogP contribution in [0.25, 0.3) is 0 Å². The van der Waals surface area contributed by atoms with Crippen molar-refractivity contribution in [3.8, 4) is 6.07 Å². The second-order valence-electron chi connectivity index (χ2n) is 7.36. The number of Topliss-reactive ketones (excluding diaryl/α,β-unsaturated/α-hetero) is 1. The molecule has 0 bridgehead atoms. The monoisotopic (exact) mass is 435 g/mol. The highest BCUT2D eigenvalue weighted by Crippen LogP contribution is 2.25. The highest BCUT2D eigenvalue weighted by atomic mass is 79.9. The van der Waals surface area contributed by atoms with E-state index in [0.29, 0.717) is 5.56 Å². The molecule has 1 N–H and O–H groups in total. The third-order valence-electron chi connectivity index (χ3n) is 4.00. The summed E-state index contributed by atoms with van der Waals surface area (Å²) in [5, 5.41) is 11.7. The summed E-state index contributed by atoms with van der Waals surface area (Å²) in [6.07, 6.45) is -0.423. The first-order chi connectivity index (χ1) is 12.6. The smallest absolute Gasteiger partial charge is 0.411 e. The van der Waals surface area contributed by atoms with Crippen molar-refractivity contribution in [1.29, 1.82) is 5.26 Å². The number of hydrogen-bond acceptors (Lipinski definition) is 5. The molecule has 0 aromatic heterocycles. The number of nitrogens with zero attached hydrogens (tertiary/aromatic N) is 2. The fraction of sp³-hybridized carbons (Fsp3) is 0.474. The number of carbonyl (C=O) groups is 3. The quantitative estimate of drug-likeness (QED) is 0.732. The Morgan fingerprint density at radius 2 is 1.93 bits per heavy atom. The summed E-state index contributed by atoms with van der Waals surface area (Å²) in [6, 6.07) is 8.07. The molecular weight excluding hydrogens is 414 g/mol. The largest absolute Gasteiger partial charge is 0.444 e. The number of nitriles is 1. The average Bonchev–Trinajstić information content (AvgIpc) is 3.03. The standard InChI is InChI=1S/C19H22BrN3O4/c1-19(2,3)27-18(26)23-11-12(9-21)8-15(23)17(25)22-10-16(24)13-4-6-14(20)7-5-13/h4-7,12,15H,8,10-11H2,1-3H3,(H,22,25). The zero-order chi connectivity index (χ0) is 20.2. The SMILES string of the molecule is CC(C)(C)OC(=O)N1CC(C#N)CC1C(=O)NCC(=O)c1ccc(Br)cc1. The van der Waals surface area contributed by atoms with Crippen molar-refractivity contribution in [1.82, 2.24) is 10.2 Å². The predicted molar refractivity (Wildman–Crippen MR) is 102 cm³/mol. The highest BCUT2D eigenvalue weighted by Gasteiger charge is 2.41. The van der Waals surface area contributed by atoms with Gasteiger partial charge in [-0.05, 0) is 39.3 Å². The van der Waals surface area contributed by atoms with E-state index < -0.39 is 29.6 Å². The Hall–Kier alpha value is -2.40. The van der Waals surface area contributed by atoms with E-state index in [1.807, 2.05) is 0 Å². The summed E-state index contributed by atoms with van der Waals surface area (Å²) in [4.78, 5) is 38.4. The number of carbonyl (C=O) groups excluding carboxylic acids is 3. The van der Waals surface area contributed by atoms with Crippen molar-refractivity contribution in [3.05, 3.63) is 34.3 Å². The summed E-state index contributed by atoms with van der Waals surface area (Å²) >= 11 is 3.30. The molecule has 2 amide bonds. The lowest BCUT2D eigenvalue weighted by Gasteiger charge is -2.27. The number of benzene rings is 1. The molecule has 1 fully saturated rings. The molecule has 0 spiro atoms. The first kappa shape index (κ1) is 20.9. The molecule has 1 aromatic carbocycles. The maximum atomic E-state index is 12.5.